The fraction of sp³-hybridized carbons (Fsp3) is 0.579. The van der Waals surface area contributed by atoms with Gasteiger partial charge in [0.2, 0.25) is 11.8 Å². The molecule has 0 aromatic heterocycles. The summed E-state index contributed by atoms with van der Waals surface area (Å²) in [5.41, 5.74) is 0.295. The van der Waals surface area contributed by atoms with Gasteiger partial charge in [0, 0.05) is 32.6 Å². The van der Waals surface area contributed by atoms with Crippen LogP contribution in [-0.2, 0) is 15.0 Å². The molecule has 2 fully saturated rings. The van der Waals surface area contributed by atoms with Crippen molar-refractivity contribution in [2.45, 2.75) is 37.6 Å². The second kappa shape index (κ2) is 8.10. The Hall–Kier alpha value is -1.73. The van der Waals surface area contributed by atoms with E-state index in [2.05, 4.69) is 5.32 Å². The summed E-state index contributed by atoms with van der Waals surface area (Å²) >= 11 is 0. The lowest BCUT2D eigenvalue weighted by Crippen LogP contribution is -2.56. The van der Waals surface area contributed by atoms with Crippen molar-refractivity contribution in [2.24, 2.45) is 0 Å². The Morgan fingerprint density at radius 3 is 2.15 bits per heavy atom. The van der Waals surface area contributed by atoms with Crippen LogP contribution >= 0.6 is 12.4 Å². The number of benzene rings is 1. The molecule has 2 aliphatic heterocycles. The Morgan fingerprint density at radius 1 is 1.07 bits per heavy atom. The third-order valence-corrected chi connectivity index (χ3v) is 5.32. The minimum Gasteiger partial charge on any atom is -0.338 e. The molecule has 8 heteroatoms. The molecule has 2 saturated heterocycles. The molecule has 150 valence electrons. The van der Waals surface area contributed by atoms with Crippen LogP contribution in [0.15, 0.2) is 30.3 Å². The van der Waals surface area contributed by atoms with E-state index in [1.165, 1.54) is 0 Å². The molecule has 0 saturated carbocycles. The lowest BCUT2D eigenvalue weighted by atomic mass is 9.83. The van der Waals surface area contributed by atoms with E-state index in [0.717, 1.165) is 5.56 Å². The monoisotopic (exact) mass is 401 g/mol. The number of hydrogen-bond acceptors (Lipinski definition) is 3. The molecule has 3 rings (SSSR count). The number of carbonyl (C=O) groups is 2. The zero-order chi connectivity index (χ0) is 18.9. The number of amides is 2. The Morgan fingerprint density at radius 2 is 1.63 bits per heavy atom. The first kappa shape index (κ1) is 21.6. The third kappa shape index (κ3) is 4.58. The van der Waals surface area contributed by atoms with Gasteiger partial charge in [0.25, 0.3) is 5.92 Å². The van der Waals surface area contributed by atoms with Crippen molar-refractivity contribution in [1.29, 1.82) is 0 Å². The van der Waals surface area contributed by atoms with Crippen molar-refractivity contribution in [1.82, 2.24) is 15.1 Å². The fourth-order valence-corrected chi connectivity index (χ4v) is 3.61. The standard InChI is InChI=1S/C19H25F2N3O2.ClH/c1-18(2,14-6-4-3-5-7-14)17(26)24-10-8-23(9-11-24)16(25)15-12-19(20,21)13-22-15;/h3-7,15,22H,8-13H2,1-2H3;1H. The van der Waals surface area contributed by atoms with E-state index < -0.39 is 30.3 Å². The summed E-state index contributed by atoms with van der Waals surface area (Å²) < 4.78 is 26.6. The number of alkyl halides is 2. The molecule has 5 nitrogen and oxygen atoms in total. The van der Waals surface area contributed by atoms with Gasteiger partial charge in [0.15, 0.2) is 0 Å². The summed E-state index contributed by atoms with van der Waals surface area (Å²) in [7, 11) is 0. The smallest absolute Gasteiger partial charge is 0.262 e. The summed E-state index contributed by atoms with van der Waals surface area (Å²) in [6.45, 7) is 4.93. The number of nitrogens with zero attached hydrogens (tertiary/aromatic N) is 2. The van der Waals surface area contributed by atoms with E-state index >= 15 is 0 Å². The molecule has 0 bridgehead atoms. The number of nitrogens with one attached hydrogen (secondary N) is 1. The maximum Gasteiger partial charge on any atom is 0.262 e. The van der Waals surface area contributed by atoms with Gasteiger partial charge in [-0.25, -0.2) is 8.78 Å². The lowest BCUT2D eigenvalue weighted by Gasteiger charge is -2.39. The van der Waals surface area contributed by atoms with E-state index in [4.69, 9.17) is 0 Å². The van der Waals surface area contributed by atoms with E-state index in [1.807, 2.05) is 44.2 Å². The highest BCUT2D eigenvalue weighted by atomic mass is 35.5. The molecule has 27 heavy (non-hydrogen) atoms. The lowest BCUT2D eigenvalue weighted by molar-refractivity contribution is -0.143. The van der Waals surface area contributed by atoms with E-state index in [0.29, 0.717) is 26.2 Å². The molecule has 1 unspecified atom stereocenters. The van der Waals surface area contributed by atoms with Crippen LogP contribution in [-0.4, -0.2) is 66.3 Å². The van der Waals surface area contributed by atoms with Crippen molar-refractivity contribution in [3.63, 3.8) is 0 Å². The Bertz CT molecular complexity index is 677. The number of halogens is 3. The van der Waals surface area contributed by atoms with E-state index in [1.54, 1.807) is 9.80 Å². The minimum atomic E-state index is -2.82. The molecule has 2 heterocycles. The van der Waals surface area contributed by atoms with Crippen LogP contribution in [0.3, 0.4) is 0 Å². The molecular weight excluding hydrogens is 376 g/mol. The van der Waals surface area contributed by atoms with Crippen LogP contribution < -0.4 is 5.32 Å². The SMILES string of the molecule is CC(C)(C(=O)N1CCN(C(=O)C2CC(F)(F)CN2)CC1)c1ccccc1.Cl. The quantitative estimate of drug-likeness (QED) is 0.843. The van der Waals surface area contributed by atoms with Crippen LogP contribution in [0.5, 0.6) is 0 Å². The van der Waals surface area contributed by atoms with Crippen LogP contribution in [0.25, 0.3) is 0 Å². The highest BCUT2D eigenvalue weighted by Crippen LogP contribution is 2.28. The largest absolute Gasteiger partial charge is 0.338 e. The van der Waals surface area contributed by atoms with Crippen molar-refractivity contribution in [3.05, 3.63) is 35.9 Å². The van der Waals surface area contributed by atoms with Crippen LogP contribution in [0.4, 0.5) is 8.78 Å². The zero-order valence-electron chi connectivity index (χ0n) is 15.6. The summed E-state index contributed by atoms with van der Waals surface area (Å²) in [4.78, 5) is 28.7. The third-order valence-electron chi connectivity index (χ3n) is 5.32. The molecule has 1 N–H and O–H groups in total. The molecule has 0 radical (unpaired) electrons. The fourth-order valence-electron chi connectivity index (χ4n) is 3.61. The maximum absolute atomic E-state index is 13.3. The number of carbonyl (C=O) groups excluding carboxylic acids is 2. The second-order valence-electron chi connectivity index (χ2n) is 7.60. The van der Waals surface area contributed by atoms with Crippen molar-refractivity contribution in [2.75, 3.05) is 32.7 Å². The first-order chi connectivity index (χ1) is 12.2. The molecular formula is C19H26ClF2N3O2. The number of piperazine rings is 1. The van der Waals surface area contributed by atoms with E-state index in [9.17, 15) is 18.4 Å². The highest BCUT2D eigenvalue weighted by molar-refractivity contribution is 5.88. The Labute approximate surface area is 164 Å². The molecule has 0 spiro atoms. The normalized spacial score (nSPS) is 22.3. The Kier molecular flexibility index (Phi) is 6.47. The molecule has 1 atom stereocenters. The van der Waals surface area contributed by atoms with Crippen molar-refractivity contribution in [3.8, 4) is 0 Å². The van der Waals surface area contributed by atoms with E-state index in [-0.39, 0.29) is 24.2 Å². The number of hydrogen-bond donors (Lipinski definition) is 1. The summed E-state index contributed by atoms with van der Waals surface area (Å²) in [5, 5.41) is 2.60. The minimum absolute atomic E-state index is 0. The first-order valence-corrected chi connectivity index (χ1v) is 8.96. The van der Waals surface area contributed by atoms with Gasteiger partial charge < -0.3 is 9.80 Å². The molecule has 0 aliphatic carbocycles. The molecule has 2 amide bonds. The van der Waals surface area contributed by atoms with Gasteiger partial charge >= 0.3 is 0 Å². The average molecular weight is 402 g/mol. The second-order valence-corrected chi connectivity index (χ2v) is 7.60. The van der Waals surface area contributed by atoms with Crippen molar-refractivity contribution < 1.29 is 18.4 Å². The topological polar surface area (TPSA) is 52.7 Å². The predicted molar refractivity (Wildman–Crippen MR) is 101 cm³/mol. The highest BCUT2D eigenvalue weighted by Gasteiger charge is 2.44. The van der Waals surface area contributed by atoms with Crippen LogP contribution in [0, 0.1) is 0 Å². The maximum atomic E-state index is 13.3. The van der Waals surface area contributed by atoms with Gasteiger partial charge in [-0.2, -0.15) is 0 Å². The van der Waals surface area contributed by atoms with Gasteiger partial charge in [-0.3, -0.25) is 14.9 Å². The predicted octanol–water partition coefficient (Wildman–Crippen LogP) is 2.05. The van der Waals surface area contributed by atoms with Gasteiger partial charge in [-0.1, -0.05) is 30.3 Å². The molecule has 2 aliphatic rings. The Balaban J connectivity index is 0.00000261. The van der Waals surface area contributed by atoms with Gasteiger partial charge in [-0.05, 0) is 19.4 Å². The van der Waals surface area contributed by atoms with Gasteiger partial charge in [0.1, 0.15) is 0 Å². The first-order valence-electron chi connectivity index (χ1n) is 8.96. The summed E-state index contributed by atoms with van der Waals surface area (Å²) in [5.74, 6) is -3.10. The molecule has 1 aromatic carbocycles. The average Bonchev–Trinajstić information content (AvgIpc) is 3.01. The summed E-state index contributed by atoms with van der Waals surface area (Å²) in [6.07, 6.45) is -0.452. The van der Waals surface area contributed by atoms with Crippen LogP contribution in [0.2, 0.25) is 0 Å². The van der Waals surface area contributed by atoms with Crippen molar-refractivity contribution >= 4 is 24.2 Å². The number of rotatable bonds is 3. The molecule has 1 aromatic rings. The zero-order valence-corrected chi connectivity index (χ0v) is 16.4. The van der Waals surface area contributed by atoms with Gasteiger partial charge in [0.05, 0.1) is 18.0 Å². The summed E-state index contributed by atoms with van der Waals surface area (Å²) in [6, 6.07) is 8.77. The van der Waals surface area contributed by atoms with Gasteiger partial charge in [-0.15, -0.1) is 12.4 Å². The van der Waals surface area contributed by atoms with Crippen LogP contribution in [0.1, 0.15) is 25.8 Å².